The van der Waals surface area contributed by atoms with Gasteiger partial charge in [-0.15, -0.1) is 0 Å². The van der Waals surface area contributed by atoms with Crippen molar-refractivity contribution in [2.24, 2.45) is 7.05 Å². The molecule has 0 unspecified atom stereocenters. The maximum Gasteiger partial charge on any atom is 0.144 e. The molecule has 6 nitrogen and oxygen atoms in total. The molecule has 0 amide bonds. The van der Waals surface area contributed by atoms with Gasteiger partial charge in [0.1, 0.15) is 5.82 Å². The molecular formula is C14H22N6. The quantitative estimate of drug-likeness (QED) is 0.832. The molecule has 0 radical (unpaired) electrons. The first-order valence-corrected chi connectivity index (χ1v) is 6.88. The number of nitrogens with one attached hydrogen (secondary N) is 1. The zero-order valence-electron chi connectivity index (χ0n) is 12.4. The lowest BCUT2D eigenvalue weighted by Crippen LogP contribution is -2.18. The summed E-state index contributed by atoms with van der Waals surface area (Å²) in [5.74, 6) is 0.838. The van der Waals surface area contributed by atoms with Crippen LogP contribution in [0.15, 0.2) is 24.8 Å². The van der Waals surface area contributed by atoms with Gasteiger partial charge in [-0.3, -0.25) is 14.6 Å². The van der Waals surface area contributed by atoms with E-state index in [0.29, 0.717) is 0 Å². The summed E-state index contributed by atoms with van der Waals surface area (Å²) in [5.41, 5.74) is 2.17. The van der Waals surface area contributed by atoms with Crippen LogP contribution < -0.4 is 5.32 Å². The summed E-state index contributed by atoms with van der Waals surface area (Å²) >= 11 is 0. The first kappa shape index (κ1) is 14.5. The fourth-order valence-electron chi connectivity index (χ4n) is 1.98. The SMILES string of the molecule is CCCNc1cnc(CN(C)Cc2cnn(C)c2)cn1. The average Bonchev–Trinajstić information content (AvgIpc) is 2.83. The molecule has 0 bridgehead atoms. The highest BCUT2D eigenvalue weighted by atomic mass is 15.2. The zero-order chi connectivity index (χ0) is 14.4. The van der Waals surface area contributed by atoms with Crippen LogP contribution in [0.4, 0.5) is 5.82 Å². The van der Waals surface area contributed by atoms with Crippen LogP contribution in [0, 0.1) is 0 Å². The lowest BCUT2D eigenvalue weighted by Gasteiger charge is -2.15. The maximum atomic E-state index is 4.43. The van der Waals surface area contributed by atoms with Gasteiger partial charge in [0.25, 0.3) is 0 Å². The number of nitrogens with zero attached hydrogens (tertiary/aromatic N) is 5. The van der Waals surface area contributed by atoms with E-state index in [9.17, 15) is 0 Å². The summed E-state index contributed by atoms with van der Waals surface area (Å²) in [6, 6.07) is 0. The van der Waals surface area contributed by atoms with Crippen molar-refractivity contribution in [3.05, 3.63) is 36.0 Å². The summed E-state index contributed by atoms with van der Waals surface area (Å²) in [5, 5.41) is 7.39. The highest BCUT2D eigenvalue weighted by molar-refractivity contribution is 5.30. The predicted octanol–water partition coefficient (Wildman–Crippen LogP) is 1.66. The van der Waals surface area contributed by atoms with E-state index in [2.05, 4.69) is 39.3 Å². The fourth-order valence-corrected chi connectivity index (χ4v) is 1.98. The number of anilines is 1. The topological polar surface area (TPSA) is 58.9 Å². The van der Waals surface area contributed by atoms with Crippen LogP contribution in [0.2, 0.25) is 0 Å². The summed E-state index contributed by atoms with van der Waals surface area (Å²) in [6.07, 6.45) is 8.62. The molecule has 20 heavy (non-hydrogen) atoms. The summed E-state index contributed by atoms with van der Waals surface area (Å²) in [4.78, 5) is 11.0. The second kappa shape index (κ2) is 7.00. The highest BCUT2D eigenvalue weighted by Gasteiger charge is 2.05. The normalized spacial score (nSPS) is 11.0. The lowest BCUT2D eigenvalue weighted by molar-refractivity contribution is 0.314. The minimum atomic E-state index is 0.774. The van der Waals surface area contributed by atoms with E-state index in [1.807, 2.05) is 30.3 Å². The molecule has 0 saturated carbocycles. The summed E-state index contributed by atoms with van der Waals surface area (Å²) in [6.45, 7) is 4.68. The van der Waals surface area contributed by atoms with Gasteiger partial charge in [0.2, 0.25) is 0 Å². The third-order valence-corrected chi connectivity index (χ3v) is 2.90. The molecule has 2 aromatic heterocycles. The molecule has 0 aliphatic carbocycles. The van der Waals surface area contributed by atoms with Crippen molar-refractivity contribution in [2.75, 3.05) is 18.9 Å². The Morgan fingerprint density at radius 1 is 1.20 bits per heavy atom. The van der Waals surface area contributed by atoms with Crippen LogP contribution >= 0.6 is 0 Å². The van der Waals surface area contributed by atoms with Gasteiger partial charge < -0.3 is 5.32 Å². The van der Waals surface area contributed by atoms with Crippen molar-refractivity contribution in [1.82, 2.24) is 24.6 Å². The Morgan fingerprint density at radius 2 is 2.05 bits per heavy atom. The fraction of sp³-hybridized carbons (Fsp3) is 0.500. The standard InChI is InChI=1S/C14H22N6/c1-4-5-15-14-8-16-13(7-17-14)11-19(2)9-12-6-18-20(3)10-12/h6-8,10H,4-5,9,11H2,1-3H3,(H,15,17). The number of aryl methyl sites for hydroxylation is 1. The van der Waals surface area contributed by atoms with Crippen LogP contribution in [0.1, 0.15) is 24.6 Å². The lowest BCUT2D eigenvalue weighted by atomic mass is 10.3. The third-order valence-electron chi connectivity index (χ3n) is 2.90. The van der Waals surface area contributed by atoms with Crippen molar-refractivity contribution < 1.29 is 0 Å². The van der Waals surface area contributed by atoms with E-state index < -0.39 is 0 Å². The van der Waals surface area contributed by atoms with Crippen LogP contribution in [-0.4, -0.2) is 38.2 Å². The van der Waals surface area contributed by atoms with Gasteiger partial charge in [0, 0.05) is 38.4 Å². The van der Waals surface area contributed by atoms with Gasteiger partial charge in [-0.1, -0.05) is 6.92 Å². The highest BCUT2D eigenvalue weighted by Crippen LogP contribution is 2.06. The van der Waals surface area contributed by atoms with E-state index >= 15 is 0 Å². The molecule has 0 aliphatic rings. The van der Waals surface area contributed by atoms with Crippen LogP contribution in [0.25, 0.3) is 0 Å². The molecule has 2 heterocycles. The Hall–Kier alpha value is -1.95. The second-order valence-electron chi connectivity index (χ2n) is 5.01. The zero-order valence-corrected chi connectivity index (χ0v) is 12.4. The molecule has 0 fully saturated rings. The molecule has 108 valence electrons. The van der Waals surface area contributed by atoms with Gasteiger partial charge in [0.15, 0.2) is 0 Å². The first-order valence-electron chi connectivity index (χ1n) is 6.88. The van der Waals surface area contributed by atoms with Crippen molar-refractivity contribution in [1.29, 1.82) is 0 Å². The van der Waals surface area contributed by atoms with Gasteiger partial charge in [-0.2, -0.15) is 5.10 Å². The van der Waals surface area contributed by atoms with E-state index in [-0.39, 0.29) is 0 Å². The minimum Gasteiger partial charge on any atom is -0.369 e. The number of aromatic nitrogens is 4. The number of hydrogen-bond donors (Lipinski definition) is 1. The Bertz CT molecular complexity index is 519. The number of hydrogen-bond acceptors (Lipinski definition) is 5. The molecule has 0 spiro atoms. The van der Waals surface area contributed by atoms with Crippen molar-refractivity contribution in [3.8, 4) is 0 Å². The van der Waals surface area contributed by atoms with Crippen molar-refractivity contribution in [3.63, 3.8) is 0 Å². The van der Waals surface area contributed by atoms with Crippen LogP contribution in [0.5, 0.6) is 0 Å². The van der Waals surface area contributed by atoms with E-state index in [1.54, 1.807) is 6.20 Å². The molecule has 0 aromatic carbocycles. The Balaban J connectivity index is 1.85. The molecule has 0 saturated heterocycles. The molecule has 6 heteroatoms. The first-order chi connectivity index (χ1) is 9.67. The minimum absolute atomic E-state index is 0.774. The summed E-state index contributed by atoms with van der Waals surface area (Å²) < 4.78 is 1.82. The Labute approximate surface area is 119 Å². The smallest absolute Gasteiger partial charge is 0.144 e. The molecule has 0 aliphatic heterocycles. The molecule has 2 rings (SSSR count). The average molecular weight is 274 g/mol. The van der Waals surface area contributed by atoms with Crippen molar-refractivity contribution >= 4 is 5.82 Å². The predicted molar refractivity (Wildman–Crippen MR) is 79.2 cm³/mol. The number of rotatable bonds is 7. The van der Waals surface area contributed by atoms with E-state index in [1.165, 1.54) is 5.56 Å². The summed E-state index contributed by atoms with van der Waals surface area (Å²) in [7, 11) is 3.99. The maximum absolute atomic E-state index is 4.43. The molecule has 1 N–H and O–H groups in total. The second-order valence-corrected chi connectivity index (χ2v) is 5.01. The van der Waals surface area contributed by atoms with E-state index in [4.69, 9.17) is 0 Å². The molecule has 0 atom stereocenters. The third kappa shape index (κ3) is 4.31. The van der Waals surface area contributed by atoms with Crippen LogP contribution in [-0.2, 0) is 20.1 Å². The molecule has 2 aromatic rings. The van der Waals surface area contributed by atoms with E-state index in [0.717, 1.165) is 37.6 Å². The molecular weight excluding hydrogens is 252 g/mol. The van der Waals surface area contributed by atoms with Crippen LogP contribution in [0.3, 0.4) is 0 Å². The van der Waals surface area contributed by atoms with Gasteiger partial charge >= 0.3 is 0 Å². The Morgan fingerprint density at radius 3 is 2.65 bits per heavy atom. The Kier molecular flexibility index (Phi) is 5.06. The van der Waals surface area contributed by atoms with Gasteiger partial charge in [0.05, 0.1) is 24.3 Å². The largest absolute Gasteiger partial charge is 0.369 e. The van der Waals surface area contributed by atoms with Crippen molar-refractivity contribution in [2.45, 2.75) is 26.4 Å². The monoisotopic (exact) mass is 274 g/mol. The van der Waals surface area contributed by atoms with Gasteiger partial charge in [-0.25, -0.2) is 4.98 Å². The van der Waals surface area contributed by atoms with Gasteiger partial charge in [-0.05, 0) is 13.5 Å².